The van der Waals surface area contributed by atoms with E-state index in [1.54, 1.807) is 0 Å². The van der Waals surface area contributed by atoms with E-state index in [0.717, 1.165) is 37.7 Å². The lowest BCUT2D eigenvalue weighted by Gasteiger charge is -2.40. The molecule has 1 fully saturated rings. The summed E-state index contributed by atoms with van der Waals surface area (Å²) in [7, 11) is 0. The minimum atomic E-state index is -0.141. The second-order valence-electron chi connectivity index (χ2n) is 5.30. The van der Waals surface area contributed by atoms with Gasteiger partial charge in [0.25, 0.3) is 5.91 Å². The van der Waals surface area contributed by atoms with E-state index in [9.17, 15) is 9.59 Å². The maximum atomic E-state index is 11.9. The van der Waals surface area contributed by atoms with E-state index < -0.39 is 0 Å². The quantitative estimate of drug-likeness (QED) is 0.601. The Hall–Kier alpha value is -1.12. The average Bonchev–Trinajstić information content (AvgIpc) is 2.29. The lowest BCUT2D eigenvalue weighted by Crippen LogP contribution is -2.47. The summed E-state index contributed by atoms with van der Waals surface area (Å²) in [4.78, 5) is 23.5. The zero-order chi connectivity index (χ0) is 12.3. The summed E-state index contributed by atoms with van der Waals surface area (Å²) >= 11 is 0. The molecule has 1 unspecified atom stereocenters. The molecule has 1 N–H and O–H groups in total. The second-order valence-corrected chi connectivity index (χ2v) is 5.30. The van der Waals surface area contributed by atoms with Gasteiger partial charge in [-0.25, -0.2) is 0 Å². The first-order valence-corrected chi connectivity index (χ1v) is 6.73. The summed E-state index contributed by atoms with van der Waals surface area (Å²) < 4.78 is 0. The highest BCUT2D eigenvalue weighted by Gasteiger charge is 2.44. The smallest absolute Gasteiger partial charge is 0.254 e. The molecule has 0 spiro atoms. The minimum absolute atomic E-state index is 0.0921. The highest BCUT2D eigenvalue weighted by atomic mass is 16.2. The van der Waals surface area contributed by atoms with Crippen LogP contribution in [0.25, 0.3) is 0 Å². The molecule has 0 radical (unpaired) electrons. The maximum absolute atomic E-state index is 11.9. The average molecular weight is 235 g/mol. The van der Waals surface area contributed by atoms with Crippen LogP contribution >= 0.6 is 0 Å². The molecule has 94 valence electrons. The fraction of sp³-hybridized carbons (Fsp3) is 0.714. The number of carbonyl (C=O) groups excluding carboxylic acids is 2. The molecule has 0 saturated carbocycles. The number of carbonyl (C=O) groups is 2. The number of amides is 2. The summed E-state index contributed by atoms with van der Waals surface area (Å²) in [5, 5.41) is 2.45. The number of rotatable bonds is 4. The van der Waals surface area contributed by atoms with Crippen LogP contribution in [-0.2, 0) is 9.59 Å². The third kappa shape index (κ3) is 2.43. The molecule has 3 heteroatoms. The number of allylic oxidation sites excluding steroid dienone is 1. The van der Waals surface area contributed by atoms with Crippen LogP contribution in [0, 0.1) is 5.41 Å². The van der Waals surface area contributed by atoms with Crippen molar-refractivity contribution >= 4 is 11.8 Å². The van der Waals surface area contributed by atoms with Gasteiger partial charge in [0.05, 0.1) is 0 Å². The molecule has 2 aliphatic rings. The molecule has 3 nitrogen and oxygen atoms in total. The van der Waals surface area contributed by atoms with Crippen LogP contribution in [0.5, 0.6) is 0 Å². The molecule has 1 saturated heterocycles. The molecule has 1 atom stereocenters. The molecule has 0 bridgehead atoms. The Labute approximate surface area is 103 Å². The Morgan fingerprint density at radius 3 is 2.94 bits per heavy atom. The number of fused-ring (bicyclic) bond motifs is 1. The van der Waals surface area contributed by atoms with Crippen molar-refractivity contribution in [3.63, 3.8) is 0 Å². The van der Waals surface area contributed by atoms with Crippen LogP contribution in [0.3, 0.4) is 0 Å². The Balaban J connectivity index is 2.18. The zero-order valence-electron chi connectivity index (χ0n) is 10.6. The fourth-order valence-electron chi connectivity index (χ4n) is 3.16. The predicted octanol–water partition coefficient (Wildman–Crippen LogP) is 2.71. The van der Waals surface area contributed by atoms with Gasteiger partial charge in [-0.05, 0) is 25.7 Å². The second kappa shape index (κ2) is 5.03. The summed E-state index contributed by atoms with van der Waals surface area (Å²) in [6.07, 6.45) is 10.1. The van der Waals surface area contributed by atoms with Crippen molar-refractivity contribution in [2.45, 2.75) is 58.3 Å². The van der Waals surface area contributed by atoms with Crippen molar-refractivity contribution in [3.8, 4) is 0 Å². The van der Waals surface area contributed by atoms with E-state index in [4.69, 9.17) is 0 Å². The third-order valence-electron chi connectivity index (χ3n) is 4.03. The molecule has 1 aliphatic carbocycles. The molecule has 17 heavy (non-hydrogen) atoms. The van der Waals surface area contributed by atoms with Crippen molar-refractivity contribution in [2.24, 2.45) is 5.41 Å². The van der Waals surface area contributed by atoms with Gasteiger partial charge in [0.15, 0.2) is 0 Å². The lowest BCUT2D eigenvalue weighted by molar-refractivity contribution is -0.134. The third-order valence-corrected chi connectivity index (χ3v) is 4.03. The fourth-order valence-corrected chi connectivity index (χ4v) is 3.16. The number of nitrogens with one attached hydrogen (secondary N) is 1. The van der Waals surface area contributed by atoms with Crippen molar-refractivity contribution in [3.05, 3.63) is 11.6 Å². The van der Waals surface area contributed by atoms with E-state index in [1.165, 1.54) is 12.8 Å². The minimum Gasteiger partial charge on any atom is -0.293 e. The molecule has 0 aromatic carbocycles. The highest BCUT2D eigenvalue weighted by Crippen LogP contribution is 2.46. The van der Waals surface area contributed by atoms with Gasteiger partial charge in [-0.3, -0.25) is 14.9 Å². The number of hydrogen-bond acceptors (Lipinski definition) is 2. The zero-order valence-corrected chi connectivity index (χ0v) is 10.6. The van der Waals surface area contributed by atoms with Gasteiger partial charge < -0.3 is 0 Å². The monoisotopic (exact) mass is 235 g/mol. The van der Waals surface area contributed by atoms with Gasteiger partial charge in [0, 0.05) is 17.4 Å². The van der Waals surface area contributed by atoms with Crippen molar-refractivity contribution < 1.29 is 9.59 Å². The molecule has 2 rings (SSSR count). The van der Waals surface area contributed by atoms with Gasteiger partial charge >= 0.3 is 0 Å². The molecule has 0 aromatic rings. The van der Waals surface area contributed by atoms with E-state index in [2.05, 4.69) is 18.3 Å². The van der Waals surface area contributed by atoms with Crippen LogP contribution in [0.1, 0.15) is 58.3 Å². The maximum Gasteiger partial charge on any atom is 0.254 e. The predicted molar refractivity (Wildman–Crippen MR) is 66.3 cm³/mol. The van der Waals surface area contributed by atoms with Gasteiger partial charge in [-0.1, -0.05) is 32.3 Å². The Morgan fingerprint density at radius 2 is 2.18 bits per heavy atom. The largest absolute Gasteiger partial charge is 0.293 e. The highest BCUT2D eigenvalue weighted by molar-refractivity contribution is 6.08. The van der Waals surface area contributed by atoms with Crippen LogP contribution < -0.4 is 5.32 Å². The number of hydrogen-bond donors (Lipinski definition) is 1. The summed E-state index contributed by atoms with van der Waals surface area (Å²) in [5.41, 5.74) is 0.756. The molecular formula is C14H21NO2. The van der Waals surface area contributed by atoms with Crippen LogP contribution in [0.2, 0.25) is 0 Å². The molecule has 1 aliphatic heterocycles. The molecule has 0 aromatic heterocycles. The Morgan fingerprint density at radius 1 is 1.35 bits per heavy atom. The number of unbranched alkanes of at least 4 members (excludes halogenated alkanes) is 2. The van der Waals surface area contributed by atoms with Gasteiger partial charge in [-0.2, -0.15) is 0 Å². The van der Waals surface area contributed by atoms with Crippen molar-refractivity contribution in [1.82, 2.24) is 5.32 Å². The molecule has 1 heterocycles. The van der Waals surface area contributed by atoms with Crippen LogP contribution in [0.15, 0.2) is 11.6 Å². The van der Waals surface area contributed by atoms with Crippen LogP contribution in [0.4, 0.5) is 0 Å². The first-order valence-electron chi connectivity index (χ1n) is 6.73. The SMILES string of the molecule is CCCCCC12CCCC=C1C(=O)NC(=O)C2. The normalized spacial score (nSPS) is 28.4. The van der Waals surface area contributed by atoms with E-state index in [0.29, 0.717) is 6.42 Å². The summed E-state index contributed by atoms with van der Waals surface area (Å²) in [5.74, 6) is -0.233. The van der Waals surface area contributed by atoms with Crippen molar-refractivity contribution in [1.29, 1.82) is 0 Å². The van der Waals surface area contributed by atoms with Gasteiger partial charge in [0.2, 0.25) is 5.91 Å². The van der Waals surface area contributed by atoms with Crippen molar-refractivity contribution in [2.75, 3.05) is 0 Å². The molecule has 2 amide bonds. The number of imide groups is 1. The Kier molecular flexibility index (Phi) is 3.65. The van der Waals surface area contributed by atoms with Crippen LogP contribution in [-0.4, -0.2) is 11.8 Å². The summed E-state index contributed by atoms with van der Waals surface area (Å²) in [6.45, 7) is 2.17. The topological polar surface area (TPSA) is 46.2 Å². The standard InChI is InChI=1S/C14H21NO2/c1-2-3-5-8-14-9-6-4-7-11(14)13(17)15-12(16)10-14/h7H,2-6,8-10H2,1H3,(H,15,16,17). The van der Waals surface area contributed by atoms with Gasteiger partial charge in [0.1, 0.15) is 0 Å². The Bertz CT molecular complexity index is 359. The molecular weight excluding hydrogens is 214 g/mol. The summed E-state index contributed by atoms with van der Waals surface area (Å²) in [6, 6.07) is 0. The first-order chi connectivity index (χ1) is 8.18. The number of piperidine rings is 1. The first kappa shape index (κ1) is 12.3. The van der Waals surface area contributed by atoms with E-state index in [1.807, 2.05) is 0 Å². The lowest BCUT2D eigenvalue weighted by atomic mass is 9.65. The van der Waals surface area contributed by atoms with E-state index in [-0.39, 0.29) is 17.2 Å². The van der Waals surface area contributed by atoms with E-state index >= 15 is 0 Å². The van der Waals surface area contributed by atoms with Gasteiger partial charge in [-0.15, -0.1) is 0 Å².